The van der Waals surface area contributed by atoms with Gasteiger partial charge in [0, 0.05) is 25.9 Å². The molecule has 1 saturated heterocycles. The molecule has 1 aliphatic heterocycles. The van der Waals surface area contributed by atoms with Crippen molar-refractivity contribution in [1.82, 2.24) is 41.5 Å². The number of aromatic nitrogens is 4. The molecule has 194 valence electrons. The molecule has 3 atom stereocenters. The van der Waals surface area contributed by atoms with Gasteiger partial charge in [0.25, 0.3) is 0 Å². The molecule has 0 spiro atoms. The molecule has 0 saturated carbocycles. The summed E-state index contributed by atoms with van der Waals surface area (Å²) in [4.78, 5) is 51.8. The number of tetrazole rings is 1. The monoisotopic (exact) mass is 492 g/mol. The third kappa shape index (κ3) is 9.29. The van der Waals surface area contributed by atoms with Gasteiger partial charge < -0.3 is 31.4 Å². The molecule has 0 radical (unpaired) electrons. The second kappa shape index (κ2) is 14.0. The molecule has 1 fully saturated rings. The van der Waals surface area contributed by atoms with Gasteiger partial charge in [0.2, 0.25) is 17.7 Å². The summed E-state index contributed by atoms with van der Waals surface area (Å²) in [5, 5.41) is 28.7. The van der Waals surface area contributed by atoms with Crippen molar-refractivity contribution in [3.8, 4) is 0 Å². The van der Waals surface area contributed by atoms with E-state index in [1.165, 1.54) is 4.90 Å². The molecule has 1 aliphatic rings. The first-order valence-electron chi connectivity index (χ1n) is 11.9. The van der Waals surface area contributed by atoms with Gasteiger partial charge in [0.05, 0.1) is 6.04 Å². The summed E-state index contributed by atoms with van der Waals surface area (Å²) in [6.45, 7) is 4.78. The lowest BCUT2D eigenvalue weighted by Gasteiger charge is -2.29. The highest BCUT2D eigenvalue weighted by atomic mass is 16.2. The molecule has 1 unspecified atom stereocenters. The van der Waals surface area contributed by atoms with E-state index in [4.69, 9.17) is 11.1 Å². The SMILES string of the molecule is CC(C)CCC(=O)NC(Cc1nnn[nH]1)C(=O)N1CCC[C@H]1C(=O)N[C@H](C=O)CCCNC(=N)N. The number of nitrogens with one attached hydrogen (secondary N) is 5. The van der Waals surface area contributed by atoms with Crippen LogP contribution >= 0.6 is 0 Å². The van der Waals surface area contributed by atoms with Crippen LogP contribution in [0.4, 0.5) is 0 Å². The number of aromatic amines is 1. The molecule has 14 heteroatoms. The molecule has 7 N–H and O–H groups in total. The fraction of sp³-hybridized carbons (Fsp3) is 0.714. The van der Waals surface area contributed by atoms with Crippen LogP contribution in [-0.4, -0.2) is 86.7 Å². The average molecular weight is 493 g/mol. The normalized spacial score (nSPS) is 17.0. The van der Waals surface area contributed by atoms with E-state index in [-0.39, 0.29) is 24.7 Å². The van der Waals surface area contributed by atoms with Crippen LogP contribution in [0.25, 0.3) is 0 Å². The summed E-state index contributed by atoms with van der Waals surface area (Å²) in [7, 11) is 0. The van der Waals surface area contributed by atoms with Crippen molar-refractivity contribution in [2.24, 2.45) is 11.7 Å². The fourth-order valence-corrected chi connectivity index (χ4v) is 3.85. The van der Waals surface area contributed by atoms with Gasteiger partial charge in [-0.05, 0) is 48.4 Å². The van der Waals surface area contributed by atoms with E-state index in [0.29, 0.717) is 63.2 Å². The lowest BCUT2D eigenvalue weighted by Crippen LogP contribution is -2.55. The van der Waals surface area contributed by atoms with Crippen molar-refractivity contribution in [2.45, 2.75) is 76.9 Å². The first-order chi connectivity index (χ1) is 16.7. The molecule has 0 aromatic carbocycles. The fourth-order valence-electron chi connectivity index (χ4n) is 3.85. The first-order valence-corrected chi connectivity index (χ1v) is 11.9. The standard InChI is InChI=1S/C21H36N10O4/c1-13(2)7-8-18(33)26-15(11-17-27-29-30-28-17)20(35)31-10-4-6-16(31)19(34)25-14(12-32)5-3-9-24-21(22)23/h12-16H,3-11H2,1-2H3,(H,25,34)(H,26,33)(H4,22,23,24)(H,27,28,29,30)/t14-,15?,16-/m0/s1. The van der Waals surface area contributed by atoms with Crippen molar-refractivity contribution in [2.75, 3.05) is 13.1 Å². The number of amides is 3. The summed E-state index contributed by atoms with van der Waals surface area (Å²) < 4.78 is 0. The molecular weight excluding hydrogens is 456 g/mol. The van der Waals surface area contributed by atoms with E-state index < -0.39 is 29.9 Å². The highest BCUT2D eigenvalue weighted by Gasteiger charge is 2.38. The molecule has 0 bridgehead atoms. The molecule has 0 aliphatic carbocycles. The number of carbonyl (C=O) groups excluding carboxylic acids is 4. The minimum absolute atomic E-state index is 0.0597. The van der Waals surface area contributed by atoms with Crippen LogP contribution in [0.3, 0.4) is 0 Å². The molecule has 2 heterocycles. The number of nitrogens with two attached hydrogens (primary N) is 1. The Morgan fingerprint density at radius 2 is 2.06 bits per heavy atom. The topological polar surface area (TPSA) is 212 Å². The van der Waals surface area contributed by atoms with Crippen molar-refractivity contribution >= 4 is 30.0 Å². The number of H-pyrrole nitrogens is 1. The maximum Gasteiger partial charge on any atom is 0.246 e. The number of likely N-dealkylation sites (tertiary alicyclic amines) is 1. The second-order valence-corrected chi connectivity index (χ2v) is 9.03. The largest absolute Gasteiger partial charge is 0.370 e. The zero-order chi connectivity index (χ0) is 25.8. The van der Waals surface area contributed by atoms with E-state index >= 15 is 0 Å². The number of hydrogen-bond acceptors (Lipinski definition) is 8. The second-order valence-electron chi connectivity index (χ2n) is 9.03. The minimum atomic E-state index is -0.933. The summed E-state index contributed by atoms with van der Waals surface area (Å²) in [6, 6.07) is -2.40. The highest BCUT2D eigenvalue weighted by molar-refractivity contribution is 5.93. The van der Waals surface area contributed by atoms with Crippen molar-refractivity contribution in [3.63, 3.8) is 0 Å². The third-order valence-electron chi connectivity index (χ3n) is 5.71. The predicted octanol–water partition coefficient (Wildman–Crippen LogP) is -1.40. The van der Waals surface area contributed by atoms with Crippen LogP contribution in [0.5, 0.6) is 0 Å². The Kier molecular flexibility index (Phi) is 11.0. The summed E-state index contributed by atoms with van der Waals surface area (Å²) >= 11 is 0. The number of guanidine groups is 1. The molecular formula is C21H36N10O4. The Hall–Kier alpha value is -3.58. The number of rotatable bonds is 14. The van der Waals surface area contributed by atoms with Gasteiger partial charge in [-0.15, -0.1) is 5.10 Å². The van der Waals surface area contributed by atoms with Crippen LogP contribution in [-0.2, 0) is 25.6 Å². The van der Waals surface area contributed by atoms with Crippen LogP contribution < -0.4 is 21.7 Å². The summed E-state index contributed by atoms with van der Waals surface area (Å²) in [5.74, 6) is -0.561. The van der Waals surface area contributed by atoms with Crippen molar-refractivity contribution in [1.29, 1.82) is 5.41 Å². The van der Waals surface area contributed by atoms with Gasteiger partial charge in [-0.2, -0.15) is 0 Å². The van der Waals surface area contributed by atoms with Crippen LogP contribution in [0.15, 0.2) is 0 Å². The van der Waals surface area contributed by atoms with Gasteiger partial charge in [-0.25, -0.2) is 5.10 Å². The van der Waals surface area contributed by atoms with Crippen LogP contribution in [0, 0.1) is 11.3 Å². The van der Waals surface area contributed by atoms with Crippen molar-refractivity contribution in [3.05, 3.63) is 5.82 Å². The molecule has 1 aromatic heterocycles. The summed E-state index contributed by atoms with van der Waals surface area (Å²) in [6.07, 6.45) is 3.63. The Bertz CT molecular complexity index is 860. The predicted molar refractivity (Wildman–Crippen MR) is 126 cm³/mol. The van der Waals surface area contributed by atoms with E-state index in [0.717, 1.165) is 0 Å². The lowest BCUT2D eigenvalue weighted by atomic mass is 10.1. The first kappa shape index (κ1) is 27.7. The lowest BCUT2D eigenvalue weighted by molar-refractivity contribution is -0.141. The number of carbonyl (C=O) groups is 4. The van der Waals surface area contributed by atoms with Gasteiger partial charge in [-0.3, -0.25) is 19.8 Å². The van der Waals surface area contributed by atoms with Gasteiger partial charge in [-0.1, -0.05) is 13.8 Å². The Morgan fingerprint density at radius 3 is 2.69 bits per heavy atom. The van der Waals surface area contributed by atoms with E-state index in [2.05, 4.69) is 36.6 Å². The summed E-state index contributed by atoms with van der Waals surface area (Å²) in [5.41, 5.74) is 5.23. The van der Waals surface area contributed by atoms with Gasteiger partial charge in [0.1, 0.15) is 18.4 Å². The van der Waals surface area contributed by atoms with Crippen LogP contribution in [0.1, 0.15) is 58.2 Å². The third-order valence-corrected chi connectivity index (χ3v) is 5.71. The molecule has 1 aromatic rings. The number of nitrogens with zero attached hydrogens (tertiary/aromatic N) is 4. The highest BCUT2D eigenvalue weighted by Crippen LogP contribution is 2.20. The maximum atomic E-state index is 13.4. The Balaban J connectivity index is 2.03. The van der Waals surface area contributed by atoms with E-state index in [1.54, 1.807) is 0 Å². The molecule has 3 amide bonds. The molecule has 2 rings (SSSR count). The molecule has 14 nitrogen and oxygen atoms in total. The molecule has 35 heavy (non-hydrogen) atoms. The van der Waals surface area contributed by atoms with Gasteiger partial charge >= 0.3 is 0 Å². The van der Waals surface area contributed by atoms with E-state index in [9.17, 15) is 19.2 Å². The smallest absolute Gasteiger partial charge is 0.246 e. The number of hydrogen-bond donors (Lipinski definition) is 6. The quantitative estimate of drug-likeness (QED) is 0.0778. The zero-order valence-corrected chi connectivity index (χ0v) is 20.2. The Labute approximate surface area is 204 Å². The van der Waals surface area contributed by atoms with Crippen LogP contribution in [0.2, 0.25) is 0 Å². The minimum Gasteiger partial charge on any atom is -0.370 e. The Morgan fingerprint density at radius 1 is 1.29 bits per heavy atom. The van der Waals surface area contributed by atoms with E-state index in [1.807, 2.05) is 13.8 Å². The zero-order valence-electron chi connectivity index (χ0n) is 20.2. The number of aldehydes is 1. The van der Waals surface area contributed by atoms with Crippen molar-refractivity contribution < 1.29 is 19.2 Å². The average Bonchev–Trinajstić information content (AvgIpc) is 3.50. The van der Waals surface area contributed by atoms with Gasteiger partial charge in [0.15, 0.2) is 11.8 Å². The maximum absolute atomic E-state index is 13.4.